The van der Waals surface area contributed by atoms with Gasteiger partial charge >= 0.3 is 5.97 Å². The molecule has 0 aromatic carbocycles. The highest BCUT2D eigenvalue weighted by Gasteiger charge is 2.40. The van der Waals surface area contributed by atoms with Crippen LogP contribution in [0, 0.1) is 11.3 Å². The van der Waals surface area contributed by atoms with E-state index in [1.807, 2.05) is 0 Å². The zero-order valence-electron chi connectivity index (χ0n) is 11.8. The van der Waals surface area contributed by atoms with E-state index in [9.17, 15) is 14.7 Å². The van der Waals surface area contributed by atoms with Gasteiger partial charge in [0.15, 0.2) is 0 Å². The van der Waals surface area contributed by atoms with Gasteiger partial charge in [0.1, 0.15) is 6.04 Å². The summed E-state index contributed by atoms with van der Waals surface area (Å²) in [7, 11) is 0. The summed E-state index contributed by atoms with van der Waals surface area (Å²) in [6, 6.07) is -0.917. The number of hydrogen-bond acceptors (Lipinski definition) is 3. The van der Waals surface area contributed by atoms with Crippen LogP contribution < -0.4 is 5.32 Å². The summed E-state index contributed by atoms with van der Waals surface area (Å²) < 4.78 is 0. The number of nitrogens with one attached hydrogen (secondary N) is 2. The largest absolute Gasteiger partial charge is 0.480 e. The molecule has 110 valence electrons. The summed E-state index contributed by atoms with van der Waals surface area (Å²) >= 11 is 0. The highest BCUT2D eigenvalue weighted by atomic mass is 16.4. The second-order valence-electron chi connectivity index (χ2n) is 6.11. The Balaban J connectivity index is 2.01. The number of carboxylic acids is 1. The Morgan fingerprint density at radius 3 is 2.85 bits per heavy atom. The van der Waals surface area contributed by atoms with Crippen molar-refractivity contribution in [3.63, 3.8) is 0 Å². The zero-order valence-corrected chi connectivity index (χ0v) is 11.8. The van der Waals surface area contributed by atoms with Crippen LogP contribution in [0.15, 0.2) is 12.5 Å². The molecular formula is C14H21N3O3. The highest BCUT2D eigenvalue weighted by Crippen LogP contribution is 2.42. The van der Waals surface area contributed by atoms with E-state index in [2.05, 4.69) is 29.1 Å². The first-order valence-electron chi connectivity index (χ1n) is 6.90. The Labute approximate surface area is 118 Å². The lowest BCUT2D eigenvalue weighted by atomic mass is 9.81. The third kappa shape index (κ3) is 3.18. The first-order valence-corrected chi connectivity index (χ1v) is 6.90. The van der Waals surface area contributed by atoms with Gasteiger partial charge in [-0.25, -0.2) is 9.78 Å². The third-order valence-corrected chi connectivity index (χ3v) is 4.17. The molecular weight excluding hydrogens is 258 g/mol. The van der Waals surface area contributed by atoms with Crippen LogP contribution >= 0.6 is 0 Å². The molecule has 1 fully saturated rings. The van der Waals surface area contributed by atoms with Crippen molar-refractivity contribution in [1.82, 2.24) is 15.3 Å². The molecule has 1 aromatic rings. The van der Waals surface area contributed by atoms with Crippen molar-refractivity contribution < 1.29 is 14.7 Å². The number of aliphatic carboxylic acids is 1. The van der Waals surface area contributed by atoms with Gasteiger partial charge in [-0.15, -0.1) is 0 Å². The summed E-state index contributed by atoms with van der Waals surface area (Å²) in [5.41, 5.74) is 0.643. The molecule has 6 heteroatoms. The predicted octanol–water partition coefficient (Wildman–Crippen LogP) is 1.35. The fourth-order valence-electron chi connectivity index (χ4n) is 2.90. The second kappa shape index (κ2) is 5.64. The molecule has 1 aliphatic rings. The van der Waals surface area contributed by atoms with Gasteiger partial charge in [-0.3, -0.25) is 4.79 Å². The number of carbonyl (C=O) groups excluding carboxylic acids is 1. The quantitative estimate of drug-likeness (QED) is 0.758. The number of rotatable bonds is 5. The van der Waals surface area contributed by atoms with E-state index in [1.54, 1.807) is 6.20 Å². The Hall–Kier alpha value is -1.85. The molecule has 0 bridgehead atoms. The average Bonchev–Trinajstić information content (AvgIpc) is 2.97. The first kappa shape index (κ1) is 14.6. The SMILES string of the molecule is CC1(C)CCCC1C(=O)NC(Cc1cnc[nH]1)C(=O)O. The van der Waals surface area contributed by atoms with E-state index in [-0.39, 0.29) is 23.7 Å². The van der Waals surface area contributed by atoms with Crippen LogP contribution in [0.25, 0.3) is 0 Å². The van der Waals surface area contributed by atoms with Crippen LogP contribution in [-0.2, 0) is 16.0 Å². The average molecular weight is 279 g/mol. The van der Waals surface area contributed by atoms with Crippen LogP contribution in [0.1, 0.15) is 38.8 Å². The molecule has 20 heavy (non-hydrogen) atoms. The number of carboxylic acid groups (broad SMARTS) is 1. The van der Waals surface area contributed by atoms with E-state index in [1.165, 1.54) is 6.33 Å². The van der Waals surface area contributed by atoms with E-state index in [0.29, 0.717) is 5.69 Å². The number of hydrogen-bond donors (Lipinski definition) is 3. The lowest BCUT2D eigenvalue weighted by Crippen LogP contribution is -2.46. The molecule has 2 rings (SSSR count). The highest BCUT2D eigenvalue weighted by molar-refractivity contribution is 5.85. The minimum atomic E-state index is -1.02. The Morgan fingerprint density at radius 2 is 2.35 bits per heavy atom. The van der Waals surface area contributed by atoms with Crippen molar-refractivity contribution in [2.45, 2.75) is 45.6 Å². The first-order chi connectivity index (χ1) is 9.40. The molecule has 1 aliphatic carbocycles. The molecule has 1 saturated carbocycles. The topological polar surface area (TPSA) is 95.1 Å². The molecule has 6 nitrogen and oxygen atoms in total. The number of imidazole rings is 1. The molecule has 1 amide bonds. The smallest absolute Gasteiger partial charge is 0.326 e. The minimum Gasteiger partial charge on any atom is -0.480 e. The Morgan fingerprint density at radius 1 is 1.60 bits per heavy atom. The van der Waals surface area contributed by atoms with Crippen LogP contribution in [0.2, 0.25) is 0 Å². The number of amides is 1. The number of nitrogens with zero attached hydrogens (tertiary/aromatic N) is 1. The number of H-pyrrole nitrogens is 1. The van der Waals surface area contributed by atoms with Crippen molar-refractivity contribution in [3.05, 3.63) is 18.2 Å². The summed E-state index contributed by atoms with van der Waals surface area (Å²) in [4.78, 5) is 30.3. The zero-order chi connectivity index (χ0) is 14.8. The number of carbonyl (C=O) groups is 2. The molecule has 2 atom stereocenters. The van der Waals surface area contributed by atoms with Crippen molar-refractivity contribution in [1.29, 1.82) is 0 Å². The van der Waals surface area contributed by atoms with Gasteiger partial charge in [0.05, 0.1) is 6.33 Å². The molecule has 1 aromatic heterocycles. The summed E-state index contributed by atoms with van der Waals surface area (Å²) in [5.74, 6) is -1.28. The van der Waals surface area contributed by atoms with Crippen LogP contribution in [0.3, 0.4) is 0 Å². The van der Waals surface area contributed by atoms with Gasteiger partial charge in [-0.05, 0) is 18.3 Å². The van der Waals surface area contributed by atoms with Crippen molar-refractivity contribution in [2.75, 3.05) is 0 Å². The molecule has 0 saturated heterocycles. The fourth-order valence-corrected chi connectivity index (χ4v) is 2.90. The second-order valence-corrected chi connectivity index (χ2v) is 6.11. The van der Waals surface area contributed by atoms with Crippen molar-refractivity contribution >= 4 is 11.9 Å². The lowest BCUT2D eigenvalue weighted by molar-refractivity contribution is -0.143. The summed E-state index contributed by atoms with van der Waals surface area (Å²) in [5, 5.41) is 11.9. The van der Waals surface area contributed by atoms with Gasteiger partial charge in [-0.1, -0.05) is 20.3 Å². The van der Waals surface area contributed by atoms with Crippen molar-refractivity contribution in [2.24, 2.45) is 11.3 Å². The maximum absolute atomic E-state index is 12.3. The maximum Gasteiger partial charge on any atom is 0.326 e. The fraction of sp³-hybridized carbons (Fsp3) is 0.643. The monoisotopic (exact) mass is 279 g/mol. The molecule has 0 radical (unpaired) electrons. The molecule has 1 heterocycles. The minimum absolute atomic E-state index is 0.0544. The van der Waals surface area contributed by atoms with E-state index < -0.39 is 12.0 Å². The van der Waals surface area contributed by atoms with E-state index >= 15 is 0 Å². The molecule has 3 N–H and O–H groups in total. The third-order valence-electron chi connectivity index (χ3n) is 4.17. The number of aromatic nitrogens is 2. The standard InChI is InChI=1S/C14H21N3O3/c1-14(2)5-3-4-10(14)12(18)17-11(13(19)20)6-9-7-15-8-16-9/h7-8,10-11H,3-6H2,1-2H3,(H,15,16)(H,17,18)(H,19,20). The van der Waals surface area contributed by atoms with Gasteiger partial charge in [0.2, 0.25) is 5.91 Å². The van der Waals surface area contributed by atoms with Gasteiger partial charge in [-0.2, -0.15) is 0 Å². The Kier molecular flexibility index (Phi) is 4.11. The van der Waals surface area contributed by atoms with Crippen LogP contribution in [-0.4, -0.2) is 33.0 Å². The van der Waals surface area contributed by atoms with Gasteiger partial charge in [0, 0.05) is 24.2 Å². The molecule has 0 aliphatic heterocycles. The summed E-state index contributed by atoms with van der Waals surface area (Å²) in [6.45, 7) is 4.13. The molecule has 0 spiro atoms. The normalized spacial score (nSPS) is 22.4. The van der Waals surface area contributed by atoms with Gasteiger partial charge < -0.3 is 15.4 Å². The maximum atomic E-state index is 12.3. The Bertz CT molecular complexity index is 482. The van der Waals surface area contributed by atoms with E-state index in [0.717, 1.165) is 19.3 Å². The van der Waals surface area contributed by atoms with Gasteiger partial charge in [0.25, 0.3) is 0 Å². The van der Waals surface area contributed by atoms with Crippen molar-refractivity contribution in [3.8, 4) is 0 Å². The van der Waals surface area contributed by atoms with E-state index in [4.69, 9.17) is 0 Å². The van der Waals surface area contributed by atoms with Crippen LogP contribution in [0.5, 0.6) is 0 Å². The summed E-state index contributed by atoms with van der Waals surface area (Å²) in [6.07, 6.45) is 6.13. The predicted molar refractivity (Wildman–Crippen MR) is 73.0 cm³/mol. The lowest BCUT2D eigenvalue weighted by Gasteiger charge is -2.27. The number of aromatic amines is 1. The molecule has 2 unspecified atom stereocenters. The van der Waals surface area contributed by atoms with Crippen LogP contribution in [0.4, 0.5) is 0 Å².